The Bertz CT molecular complexity index is 557. The van der Waals surface area contributed by atoms with Crippen LogP contribution in [0.2, 0.25) is 0 Å². The molecule has 2 rings (SSSR count). The van der Waals surface area contributed by atoms with Crippen LogP contribution in [0.5, 0.6) is 0 Å². The fourth-order valence-electron chi connectivity index (χ4n) is 2.22. The minimum Gasteiger partial charge on any atom is -0.481 e. The van der Waals surface area contributed by atoms with Gasteiger partial charge in [-0.15, -0.1) is 11.3 Å². The zero-order chi connectivity index (χ0) is 15.4. The second kappa shape index (κ2) is 6.57. The fourth-order valence-corrected chi connectivity index (χ4v) is 2.98. The molecule has 0 radical (unpaired) electrons. The number of nitrogens with zero attached hydrogens (tertiary/aromatic N) is 1. The Morgan fingerprint density at radius 1 is 1.48 bits per heavy atom. The van der Waals surface area contributed by atoms with Crippen molar-refractivity contribution in [1.82, 2.24) is 4.90 Å². The standard InChI is InChI=1S/C13H16N2O5S/c1-20-12(18)10-9(4-6-21-10)14-13(19)15-5-2-3-8(7-15)11(16)17/h4,6,8H,2-3,5,7H2,1H3,(H,14,19)(H,16,17). The Morgan fingerprint density at radius 3 is 2.90 bits per heavy atom. The predicted octanol–water partition coefficient (Wildman–Crippen LogP) is 1.86. The highest BCUT2D eigenvalue weighted by Crippen LogP contribution is 2.24. The Balaban J connectivity index is 2.03. The quantitative estimate of drug-likeness (QED) is 0.831. The molecule has 2 N–H and O–H groups in total. The van der Waals surface area contributed by atoms with Crippen LogP contribution in [0.4, 0.5) is 10.5 Å². The van der Waals surface area contributed by atoms with E-state index >= 15 is 0 Å². The molecular formula is C13H16N2O5S. The van der Waals surface area contributed by atoms with E-state index in [0.717, 1.165) is 0 Å². The lowest BCUT2D eigenvalue weighted by molar-refractivity contribution is -0.143. The third-order valence-corrected chi connectivity index (χ3v) is 4.23. The van der Waals surface area contributed by atoms with Gasteiger partial charge >= 0.3 is 18.0 Å². The minimum absolute atomic E-state index is 0.179. The second-order valence-electron chi connectivity index (χ2n) is 4.71. The number of aliphatic carboxylic acids is 1. The lowest BCUT2D eigenvalue weighted by Crippen LogP contribution is -2.44. The molecule has 2 heterocycles. The van der Waals surface area contributed by atoms with Crippen molar-refractivity contribution < 1.29 is 24.2 Å². The molecule has 0 aromatic carbocycles. The van der Waals surface area contributed by atoms with Gasteiger partial charge in [-0.05, 0) is 24.3 Å². The van der Waals surface area contributed by atoms with Crippen LogP contribution in [-0.4, -0.2) is 48.2 Å². The van der Waals surface area contributed by atoms with Crippen LogP contribution in [0.3, 0.4) is 0 Å². The normalized spacial score (nSPS) is 18.1. The zero-order valence-corrected chi connectivity index (χ0v) is 12.3. The summed E-state index contributed by atoms with van der Waals surface area (Å²) in [5.41, 5.74) is 0.384. The molecule has 0 aliphatic carbocycles. The van der Waals surface area contributed by atoms with Gasteiger partial charge in [-0.25, -0.2) is 9.59 Å². The largest absolute Gasteiger partial charge is 0.481 e. The monoisotopic (exact) mass is 312 g/mol. The number of urea groups is 1. The van der Waals surface area contributed by atoms with Gasteiger partial charge in [-0.1, -0.05) is 0 Å². The number of hydrogen-bond acceptors (Lipinski definition) is 5. The van der Waals surface area contributed by atoms with E-state index < -0.39 is 23.9 Å². The van der Waals surface area contributed by atoms with Gasteiger partial charge in [0.2, 0.25) is 0 Å². The van der Waals surface area contributed by atoms with Gasteiger partial charge in [0.15, 0.2) is 0 Å². The zero-order valence-electron chi connectivity index (χ0n) is 11.5. The summed E-state index contributed by atoms with van der Waals surface area (Å²) >= 11 is 1.17. The van der Waals surface area contributed by atoms with Crippen LogP contribution >= 0.6 is 11.3 Å². The third-order valence-electron chi connectivity index (χ3n) is 3.34. The van der Waals surface area contributed by atoms with Crippen molar-refractivity contribution in [2.45, 2.75) is 12.8 Å². The van der Waals surface area contributed by atoms with Crippen LogP contribution in [-0.2, 0) is 9.53 Å². The molecule has 0 bridgehead atoms. The first-order chi connectivity index (χ1) is 10.0. The Hall–Kier alpha value is -2.09. The first-order valence-electron chi connectivity index (χ1n) is 6.47. The summed E-state index contributed by atoms with van der Waals surface area (Å²) in [5, 5.41) is 13.3. The Kier molecular flexibility index (Phi) is 4.79. The van der Waals surface area contributed by atoms with Crippen molar-refractivity contribution in [2.24, 2.45) is 5.92 Å². The first-order valence-corrected chi connectivity index (χ1v) is 7.35. The molecule has 1 fully saturated rings. The van der Waals surface area contributed by atoms with Crippen molar-refractivity contribution in [3.8, 4) is 0 Å². The van der Waals surface area contributed by atoms with Gasteiger partial charge in [0.05, 0.1) is 18.7 Å². The van der Waals surface area contributed by atoms with Crippen molar-refractivity contribution in [2.75, 3.05) is 25.5 Å². The average Bonchev–Trinajstić information content (AvgIpc) is 2.94. The molecule has 8 heteroatoms. The lowest BCUT2D eigenvalue weighted by atomic mass is 9.99. The average molecular weight is 312 g/mol. The van der Waals surface area contributed by atoms with Gasteiger partial charge in [-0.3, -0.25) is 4.79 Å². The molecule has 1 aromatic rings. The summed E-state index contributed by atoms with van der Waals surface area (Å²) in [7, 11) is 1.27. The summed E-state index contributed by atoms with van der Waals surface area (Å²) in [6.45, 7) is 0.687. The van der Waals surface area contributed by atoms with E-state index in [0.29, 0.717) is 30.0 Å². The Labute approximate surface area is 125 Å². The lowest BCUT2D eigenvalue weighted by Gasteiger charge is -2.30. The molecule has 1 atom stereocenters. The molecule has 1 saturated heterocycles. The van der Waals surface area contributed by atoms with Crippen LogP contribution in [0.15, 0.2) is 11.4 Å². The van der Waals surface area contributed by atoms with Gasteiger partial charge in [-0.2, -0.15) is 0 Å². The van der Waals surface area contributed by atoms with Crippen molar-refractivity contribution in [1.29, 1.82) is 0 Å². The summed E-state index contributed by atoms with van der Waals surface area (Å²) < 4.78 is 4.64. The number of carbonyl (C=O) groups excluding carboxylic acids is 2. The van der Waals surface area contributed by atoms with Crippen molar-refractivity contribution in [3.63, 3.8) is 0 Å². The molecular weight excluding hydrogens is 296 g/mol. The highest BCUT2D eigenvalue weighted by atomic mass is 32.1. The number of rotatable bonds is 3. The summed E-state index contributed by atoms with van der Waals surface area (Å²) in [6, 6.07) is 1.22. The maximum absolute atomic E-state index is 12.2. The molecule has 0 saturated carbocycles. The number of anilines is 1. The van der Waals surface area contributed by atoms with E-state index in [1.54, 1.807) is 11.4 Å². The summed E-state index contributed by atoms with van der Waals surface area (Å²) in [6.07, 6.45) is 1.23. The molecule has 7 nitrogen and oxygen atoms in total. The molecule has 1 aliphatic heterocycles. The number of esters is 1. The highest BCUT2D eigenvalue weighted by molar-refractivity contribution is 7.12. The van der Waals surface area contributed by atoms with E-state index in [1.165, 1.54) is 23.3 Å². The number of carbonyl (C=O) groups is 3. The third kappa shape index (κ3) is 3.52. The van der Waals surface area contributed by atoms with Crippen LogP contribution in [0, 0.1) is 5.92 Å². The first kappa shape index (κ1) is 15.3. The van der Waals surface area contributed by atoms with Crippen molar-refractivity contribution in [3.05, 3.63) is 16.3 Å². The molecule has 1 aromatic heterocycles. The molecule has 21 heavy (non-hydrogen) atoms. The van der Waals surface area contributed by atoms with E-state index in [-0.39, 0.29) is 6.54 Å². The topological polar surface area (TPSA) is 95.9 Å². The number of carboxylic acid groups (broad SMARTS) is 1. The number of thiophene rings is 1. The number of amides is 2. The molecule has 0 spiro atoms. The number of hydrogen-bond donors (Lipinski definition) is 2. The number of methoxy groups -OCH3 is 1. The van der Waals surface area contributed by atoms with Crippen molar-refractivity contribution >= 4 is 35.0 Å². The number of ether oxygens (including phenoxy) is 1. The molecule has 114 valence electrons. The fraction of sp³-hybridized carbons (Fsp3) is 0.462. The van der Waals surface area contributed by atoms with E-state index in [4.69, 9.17) is 5.11 Å². The maximum Gasteiger partial charge on any atom is 0.350 e. The maximum atomic E-state index is 12.2. The number of piperidine rings is 1. The van der Waals surface area contributed by atoms with E-state index in [9.17, 15) is 14.4 Å². The van der Waals surface area contributed by atoms with Gasteiger partial charge in [0.25, 0.3) is 0 Å². The van der Waals surface area contributed by atoms with Crippen LogP contribution in [0.25, 0.3) is 0 Å². The summed E-state index contributed by atoms with van der Waals surface area (Å²) in [5.74, 6) is -1.94. The smallest absolute Gasteiger partial charge is 0.350 e. The molecule has 1 aliphatic rings. The van der Waals surface area contributed by atoms with Crippen LogP contribution < -0.4 is 5.32 Å². The summed E-state index contributed by atoms with van der Waals surface area (Å²) in [4.78, 5) is 36.5. The highest BCUT2D eigenvalue weighted by Gasteiger charge is 2.28. The SMILES string of the molecule is COC(=O)c1sccc1NC(=O)N1CCCC(C(=O)O)C1. The predicted molar refractivity (Wildman–Crippen MR) is 76.6 cm³/mol. The van der Waals surface area contributed by atoms with Crippen LogP contribution in [0.1, 0.15) is 22.5 Å². The van der Waals surface area contributed by atoms with Gasteiger partial charge in [0, 0.05) is 13.1 Å². The number of nitrogens with one attached hydrogen (secondary N) is 1. The minimum atomic E-state index is -0.890. The second-order valence-corrected chi connectivity index (χ2v) is 5.62. The number of likely N-dealkylation sites (tertiary alicyclic amines) is 1. The number of carboxylic acids is 1. The van der Waals surface area contributed by atoms with Gasteiger partial charge in [0.1, 0.15) is 4.88 Å². The Morgan fingerprint density at radius 2 is 2.24 bits per heavy atom. The van der Waals surface area contributed by atoms with E-state index in [1.807, 2.05) is 0 Å². The van der Waals surface area contributed by atoms with Gasteiger partial charge < -0.3 is 20.1 Å². The molecule has 2 amide bonds. The van der Waals surface area contributed by atoms with E-state index in [2.05, 4.69) is 10.1 Å². The molecule has 1 unspecified atom stereocenters.